The van der Waals surface area contributed by atoms with Crippen molar-refractivity contribution in [1.82, 2.24) is 9.38 Å². The number of fused-ring (bicyclic) bond motifs is 1. The van der Waals surface area contributed by atoms with Crippen molar-refractivity contribution in [1.29, 1.82) is 0 Å². The minimum atomic E-state index is -0.481. The molecule has 2 rings (SSSR count). The van der Waals surface area contributed by atoms with Crippen LogP contribution in [0.2, 0.25) is 0 Å². The van der Waals surface area contributed by atoms with Crippen molar-refractivity contribution >= 4 is 27.9 Å². The number of nitrogens with zero attached hydrogens (tertiary/aromatic N) is 3. The first-order valence-electron chi connectivity index (χ1n) is 4.01. The summed E-state index contributed by atoms with van der Waals surface area (Å²) >= 11 is 1.33. The van der Waals surface area contributed by atoms with Gasteiger partial charge in [-0.1, -0.05) is 17.3 Å². The molecule has 0 amide bonds. The van der Waals surface area contributed by atoms with Crippen LogP contribution in [-0.2, 0) is 0 Å². The van der Waals surface area contributed by atoms with Gasteiger partial charge in [0.25, 0.3) is 4.96 Å². The minimum absolute atomic E-state index is 0.0819. The lowest BCUT2D eigenvalue weighted by molar-refractivity contribution is -0.389. The van der Waals surface area contributed by atoms with Gasteiger partial charge in [-0.25, -0.2) is 0 Å². The summed E-state index contributed by atoms with van der Waals surface area (Å²) in [6, 6.07) is 0. The third-order valence-electron chi connectivity index (χ3n) is 1.77. The molecule has 0 saturated carbocycles. The Balaban J connectivity index is 2.53. The fourth-order valence-corrected chi connectivity index (χ4v) is 1.91. The summed E-state index contributed by atoms with van der Waals surface area (Å²) in [5.74, 6) is 2.47. The molecule has 0 aromatic carbocycles. The van der Waals surface area contributed by atoms with E-state index in [-0.39, 0.29) is 18.2 Å². The van der Waals surface area contributed by atoms with Gasteiger partial charge < -0.3 is 15.4 Å². The van der Waals surface area contributed by atoms with Crippen LogP contribution in [0.3, 0.4) is 0 Å². The Morgan fingerprint density at radius 2 is 2.60 bits per heavy atom. The van der Waals surface area contributed by atoms with Crippen LogP contribution >= 0.6 is 11.3 Å². The number of hydrogen-bond donors (Lipinski definition) is 1. The first kappa shape index (κ1) is 9.48. The maximum atomic E-state index is 10.8. The lowest BCUT2D eigenvalue weighted by atomic mass is 10.6. The molecule has 0 aliphatic rings. The van der Waals surface area contributed by atoms with Crippen molar-refractivity contribution in [2.24, 2.45) is 0 Å². The molecule has 76 valence electrons. The molecular formula is C8H6N4O2S. The molecule has 0 bridgehead atoms. The highest BCUT2D eigenvalue weighted by molar-refractivity contribution is 7.15. The molecule has 0 fully saturated rings. The second kappa shape index (κ2) is 3.59. The van der Waals surface area contributed by atoms with Gasteiger partial charge in [0.15, 0.2) is 0 Å². The van der Waals surface area contributed by atoms with Crippen LogP contribution in [0, 0.1) is 22.5 Å². The Kier molecular flexibility index (Phi) is 2.27. The molecule has 0 spiro atoms. The summed E-state index contributed by atoms with van der Waals surface area (Å²) in [5.41, 5.74) is 0. The number of imidazole rings is 1. The summed E-state index contributed by atoms with van der Waals surface area (Å²) in [6.07, 6.45) is 6.66. The van der Waals surface area contributed by atoms with Gasteiger partial charge in [-0.2, -0.15) is 9.38 Å². The number of hydrogen-bond acceptors (Lipinski definition) is 5. The predicted molar refractivity (Wildman–Crippen MR) is 57.0 cm³/mol. The first-order chi connectivity index (χ1) is 7.24. The van der Waals surface area contributed by atoms with E-state index in [1.54, 1.807) is 11.6 Å². The number of rotatable bonds is 3. The highest BCUT2D eigenvalue weighted by Gasteiger charge is 2.22. The van der Waals surface area contributed by atoms with E-state index in [0.717, 1.165) is 0 Å². The lowest BCUT2D eigenvalue weighted by Crippen LogP contribution is -2.02. The van der Waals surface area contributed by atoms with E-state index in [0.29, 0.717) is 4.96 Å². The normalized spacial score (nSPS) is 10.1. The molecule has 0 atom stereocenters. The predicted octanol–water partition coefficient (Wildman–Crippen LogP) is 1.35. The average Bonchev–Trinajstić information content (AvgIpc) is 2.72. The quantitative estimate of drug-likeness (QED) is 0.483. The van der Waals surface area contributed by atoms with E-state index in [4.69, 9.17) is 6.42 Å². The van der Waals surface area contributed by atoms with Gasteiger partial charge in [-0.05, 0) is 4.92 Å². The van der Waals surface area contributed by atoms with Gasteiger partial charge in [0.1, 0.15) is 6.20 Å². The highest BCUT2D eigenvalue weighted by Crippen LogP contribution is 2.27. The number of anilines is 1. The van der Waals surface area contributed by atoms with E-state index in [2.05, 4.69) is 16.2 Å². The number of aromatic nitrogens is 2. The van der Waals surface area contributed by atoms with Crippen LogP contribution < -0.4 is 5.32 Å². The van der Waals surface area contributed by atoms with Gasteiger partial charge in [-0.15, -0.1) is 6.42 Å². The van der Waals surface area contributed by atoms with Crippen LogP contribution in [0.15, 0.2) is 11.6 Å². The Bertz CT molecular complexity index is 550. The van der Waals surface area contributed by atoms with Gasteiger partial charge in [0.2, 0.25) is 5.82 Å². The van der Waals surface area contributed by atoms with E-state index in [9.17, 15) is 10.1 Å². The van der Waals surface area contributed by atoms with Crippen LogP contribution in [0.25, 0.3) is 4.96 Å². The van der Waals surface area contributed by atoms with Gasteiger partial charge in [0.05, 0.1) is 6.54 Å². The summed E-state index contributed by atoms with van der Waals surface area (Å²) in [6.45, 7) is 0.214. The standard InChI is InChI=1S/C8H6N4O2S/c1-2-3-9-6-7(12(13)14)11-4-5-15-8(11)10-6/h1,4-5,9H,3H2. The van der Waals surface area contributed by atoms with E-state index in [1.165, 1.54) is 15.7 Å². The molecule has 0 unspecified atom stereocenters. The van der Waals surface area contributed by atoms with E-state index >= 15 is 0 Å². The molecule has 0 saturated heterocycles. The summed E-state index contributed by atoms with van der Waals surface area (Å²) in [7, 11) is 0. The number of thiazole rings is 1. The van der Waals surface area contributed by atoms with Crippen LogP contribution in [0.1, 0.15) is 0 Å². The minimum Gasteiger partial charge on any atom is -0.358 e. The maximum absolute atomic E-state index is 10.8. The third-order valence-corrected chi connectivity index (χ3v) is 2.52. The molecule has 1 N–H and O–H groups in total. The molecule has 0 radical (unpaired) electrons. The highest BCUT2D eigenvalue weighted by atomic mass is 32.1. The topological polar surface area (TPSA) is 72.5 Å². The molecule has 15 heavy (non-hydrogen) atoms. The average molecular weight is 222 g/mol. The zero-order chi connectivity index (χ0) is 10.8. The maximum Gasteiger partial charge on any atom is 0.372 e. The molecule has 2 aromatic heterocycles. The fourth-order valence-electron chi connectivity index (χ4n) is 1.20. The summed E-state index contributed by atoms with van der Waals surface area (Å²) in [5, 5.41) is 15.3. The van der Waals surface area contributed by atoms with Crippen molar-refractivity contribution in [3.63, 3.8) is 0 Å². The van der Waals surface area contributed by atoms with E-state index in [1.807, 2.05) is 0 Å². The van der Waals surface area contributed by atoms with Crippen molar-refractivity contribution in [2.75, 3.05) is 11.9 Å². The van der Waals surface area contributed by atoms with Gasteiger partial charge >= 0.3 is 5.82 Å². The molecular weight excluding hydrogens is 216 g/mol. The van der Waals surface area contributed by atoms with Crippen molar-refractivity contribution < 1.29 is 4.92 Å². The number of nitro groups is 1. The fraction of sp³-hybridized carbons (Fsp3) is 0.125. The van der Waals surface area contributed by atoms with Crippen LogP contribution in [0.5, 0.6) is 0 Å². The van der Waals surface area contributed by atoms with Crippen molar-refractivity contribution in [3.8, 4) is 12.3 Å². The van der Waals surface area contributed by atoms with Gasteiger partial charge in [0, 0.05) is 5.38 Å². The van der Waals surface area contributed by atoms with Crippen LogP contribution in [-0.4, -0.2) is 20.9 Å². The van der Waals surface area contributed by atoms with Gasteiger partial charge in [-0.3, -0.25) is 0 Å². The lowest BCUT2D eigenvalue weighted by Gasteiger charge is -1.97. The van der Waals surface area contributed by atoms with Crippen molar-refractivity contribution in [3.05, 3.63) is 21.7 Å². The molecule has 6 nitrogen and oxygen atoms in total. The Morgan fingerprint density at radius 3 is 3.27 bits per heavy atom. The number of terminal acetylenes is 1. The van der Waals surface area contributed by atoms with E-state index < -0.39 is 4.92 Å². The Labute approximate surface area is 88.7 Å². The second-order valence-corrected chi connectivity index (χ2v) is 3.53. The first-order valence-corrected chi connectivity index (χ1v) is 4.89. The second-order valence-electron chi connectivity index (χ2n) is 2.65. The monoisotopic (exact) mass is 222 g/mol. The smallest absolute Gasteiger partial charge is 0.358 e. The number of nitrogens with one attached hydrogen (secondary N) is 1. The Hall–Kier alpha value is -2.07. The van der Waals surface area contributed by atoms with Crippen molar-refractivity contribution in [2.45, 2.75) is 0 Å². The summed E-state index contributed by atoms with van der Waals surface area (Å²) in [4.78, 5) is 15.0. The zero-order valence-corrected chi connectivity index (χ0v) is 8.32. The molecule has 2 heterocycles. The molecule has 0 aliphatic carbocycles. The van der Waals surface area contributed by atoms with Crippen LogP contribution in [0.4, 0.5) is 11.6 Å². The Morgan fingerprint density at radius 1 is 1.80 bits per heavy atom. The molecule has 2 aromatic rings. The largest absolute Gasteiger partial charge is 0.372 e. The zero-order valence-electron chi connectivity index (χ0n) is 7.51. The summed E-state index contributed by atoms with van der Waals surface area (Å²) < 4.78 is 1.42. The third kappa shape index (κ3) is 1.51. The molecule has 0 aliphatic heterocycles. The SMILES string of the molecule is C#CCNc1nc2sccn2c1[N+](=O)[O-]. The molecule has 7 heteroatoms.